The molecule has 1 nitrogen and oxygen atoms in total. The molecule has 0 fully saturated rings. The summed E-state index contributed by atoms with van der Waals surface area (Å²) in [7, 11) is 0. The Morgan fingerprint density at radius 3 is 2.44 bits per heavy atom. The Morgan fingerprint density at radius 2 is 2.00 bits per heavy atom. The van der Waals surface area contributed by atoms with Gasteiger partial charge in [0, 0.05) is 0 Å². The molecule has 0 aromatic carbocycles. The summed E-state index contributed by atoms with van der Waals surface area (Å²) in [6, 6.07) is 0. The molecule has 0 aliphatic carbocycles. The Labute approximate surface area is 66.8 Å². The first-order valence-electron chi connectivity index (χ1n) is 3.98. The summed E-state index contributed by atoms with van der Waals surface area (Å²) in [5.41, 5.74) is 0. The van der Waals surface area contributed by atoms with Crippen molar-refractivity contribution in [3.63, 3.8) is 0 Å². The van der Waals surface area contributed by atoms with Crippen LogP contribution in [0.25, 0.3) is 0 Å². The van der Waals surface area contributed by atoms with Crippen LogP contribution in [-0.2, 0) is 0 Å². The van der Waals surface area contributed by atoms with Gasteiger partial charge in [-0.3, -0.25) is 0 Å². The normalized spacial score (nSPS) is 9.67. The van der Waals surface area contributed by atoms with Crippen molar-refractivity contribution in [1.29, 1.82) is 0 Å². The molecule has 0 amide bonds. The molecule has 0 aromatic rings. The molecule has 0 spiro atoms. The minimum atomic E-state index is -0.825. The summed E-state index contributed by atoms with van der Waals surface area (Å²) < 4.78 is 6.52. The molecule has 0 heterocycles. The first-order chi connectivity index (χ1) is 4.27. The molecule has 2 heteroatoms. The maximum absolute atomic E-state index is 3.34. The van der Waals surface area contributed by atoms with Crippen molar-refractivity contribution >= 4 is 21.4 Å². The fraction of sp³-hybridized carbons (Fsp3) is 1.00. The molecule has 0 aromatic heterocycles. The second kappa shape index (κ2) is 6.94. The van der Waals surface area contributed by atoms with Crippen molar-refractivity contribution in [3.05, 3.63) is 0 Å². The Balaban J connectivity index is 2.75. The number of hydrogen-bond acceptors (Lipinski definition) is 1. The van der Waals surface area contributed by atoms with Crippen molar-refractivity contribution in [1.82, 2.24) is 5.32 Å². The van der Waals surface area contributed by atoms with Gasteiger partial charge in [0.2, 0.25) is 0 Å². The van der Waals surface area contributed by atoms with E-state index in [0.717, 1.165) is 6.54 Å². The third-order valence-electron chi connectivity index (χ3n) is 1.39. The van der Waals surface area contributed by atoms with Crippen molar-refractivity contribution in [2.45, 2.75) is 26.9 Å². The van der Waals surface area contributed by atoms with E-state index in [1.807, 2.05) is 0 Å². The Morgan fingerprint density at radius 1 is 1.33 bits per heavy atom. The predicted octanol–water partition coefficient (Wildman–Crippen LogP) is 1.74. The third-order valence-corrected chi connectivity index (χ3v) is 5.85. The minimum absolute atomic E-state index is 0.825. The van der Waals surface area contributed by atoms with E-state index in [0.29, 0.717) is 0 Å². The van der Waals surface area contributed by atoms with E-state index in [2.05, 4.69) is 21.6 Å². The second-order valence-corrected chi connectivity index (χ2v) is 12.5. The quantitative estimate of drug-likeness (QED) is 0.710. The van der Waals surface area contributed by atoms with Gasteiger partial charge in [-0.15, -0.1) is 0 Å². The molecule has 0 aliphatic rings. The standard InChI is InChI=1S/C5H12N.2CH3.In/c1-3-5-6-4-2;;;/h6H,1,3-5H2,2H3;2*1H3;. The van der Waals surface area contributed by atoms with E-state index in [4.69, 9.17) is 0 Å². The van der Waals surface area contributed by atoms with Gasteiger partial charge < -0.3 is 0 Å². The summed E-state index contributed by atoms with van der Waals surface area (Å²) >= 11 is -0.825. The molecular formula is C7H18InN. The average Bonchev–Trinajstić information content (AvgIpc) is 1.80. The summed E-state index contributed by atoms with van der Waals surface area (Å²) in [4.78, 5) is 0. The summed E-state index contributed by atoms with van der Waals surface area (Å²) in [5, 5.41) is 3.34. The van der Waals surface area contributed by atoms with Crippen molar-refractivity contribution < 1.29 is 0 Å². The van der Waals surface area contributed by atoms with Crippen molar-refractivity contribution in [3.8, 4) is 0 Å². The van der Waals surface area contributed by atoms with Gasteiger partial charge in [-0.05, 0) is 0 Å². The van der Waals surface area contributed by atoms with Crippen LogP contribution in [0.1, 0.15) is 13.3 Å². The molecule has 0 rings (SSSR count). The SMILES string of the molecule is CCNCC[CH2][In]([CH3])[CH3]. The van der Waals surface area contributed by atoms with Gasteiger partial charge in [0.25, 0.3) is 0 Å². The van der Waals surface area contributed by atoms with Crippen LogP contribution in [0.4, 0.5) is 0 Å². The first-order valence-corrected chi connectivity index (χ1v) is 12.9. The number of rotatable bonds is 5. The second-order valence-electron chi connectivity index (χ2n) is 2.89. The molecule has 0 aliphatic heterocycles. The molecule has 0 unspecified atom stereocenters. The van der Waals surface area contributed by atoms with Gasteiger partial charge in [0.15, 0.2) is 0 Å². The third kappa shape index (κ3) is 8.83. The van der Waals surface area contributed by atoms with Gasteiger partial charge in [-0.25, -0.2) is 0 Å². The van der Waals surface area contributed by atoms with E-state index in [1.54, 1.807) is 4.18 Å². The Bertz CT molecular complexity index is 54.9. The van der Waals surface area contributed by atoms with Crippen LogP contribution in [0.15, 0.2) is 0 Å². The van der Waals surface area contributed by atoms with Gasteiger partial charge in [-0.1, -0.05) is 0 Å². The topological polar surface area (TPSA) is 12.0 Å². The van der Waals surface area contributed by atoms with E-state index < -0.39 is 21.4 Å². The van der Waals surface area contributed by atoms with Crippen LogP contribution in [-0.4, -0.2) is 34.5 Å². The van der Waals surface area contributed by atoms with Crippen LogP contribution >= 0.6 is 0 Å². The molecule has 54 valence electrons. The molecule has 0 bridgehead atoms. The maximum atomic E-state index is 3.34. The molecule has 0 saturated heterocycles. The fourth-order valence-corrected chi connectivity index (χ4v) is 3.73. The molecular weight excluding hydrogens is 213 g/mol. The zero-order valence-electron chi connectivity index (χ0n) is 6.91. The van der Waals surface area contributed by atoms with Gasteiger partial charge in [-0.2, -0.15) is 0 Å². The average molecular weight is 231 g/mol. The van der Waals surface area contributed by atoms with E-state index in [1.165, 1.54) is 13.0 Å². The summed E-state index contributed by atoms with van der Waals surface area (Å²) in [6.07, 6.45) is 1.42. The summed E-state index contributed by atoms with van der Waals surface area (Å²) in [6.45, 7) is 4.54. The van der Waals surface area contributed by atoms with Crippen LogP contribution < -0.4 is 5.32 Å². The monoisotopic (exact) mass is 231 g/mol. The van der Waals surface area contributed by atoms with E-state index in [-0.39, 0.29) is 0 Å². The predicted molar refractivity (Wildman–Crippen MR) is 45.4 cm³/mol. The van der Waals surface area contributed by atoms with Crippen LogP contribution in [0, 0.1) is 0 Å². The van der Waals surface area contributed by atoms with Crippen LogP contribution in [0.2, 0.25) is 13.5 Å². The number of hydrogen-bond donors (Lipinski definition) is 1. The molecule has 9 heavy (non-hydrogen) atoms. The number of nitrogens with one attached hydrogen (secondary N) is 1. The Kier molecular flexibility index (Phi) is 7.58. The fourth-order valence-electron chi connectivity index (χ4n) is 0.812. The van der Waals surface area contributed by atoms with Crippen molar-refractivity contribution in [2.75, 3.05) is 13.1 Å². The van der Waals surface area contributed by atoms with E-state index >= 15 is 0 Å². The zero-order valence-corrected chi connectivity index (χ0v) is 10.2. The Hall–Kier alpha value is 0.830. The molecule has 0 atom stereocenters. The van der Waals surface area contributed by atoms with Gasteiger partial charge in [0.1, 0.15) is 0 Å². The van der Waals surface area contributed by atoms with Crippen molar-refractivity contribution in [2.24, 2.45) is 0 Å². The first kappa shape index (κ1) is 9.83. The van der Waals surface area contributed by atoms with Gasteiger partial charge in [0.05, 0.1) is 0 Å². The zero-order chi connectivity index (χ0) is 7.11. The van der Waals surface area contributed by atoms with Crippen LogP contribution in [0.5, 0.6) is 0 Å². The van der Waals surface area contributed by atoms with Gasteiger partial charge >= 0.3 is 66.7 Å². The molecule has 0 radical (unpaired) electrons. The van der Waals surface area contributed by atoms with E-state index in [9.17, 15) is 0 Å². The summed E-state index contributed by atoms with van der Waals surface area (Å²) in [5.74, 6) is 0. The van der Waals surface area contributed by atoms with Crippen LogP contribution in [0.3, 0.4) is 0 Å². The molecule has 0 saturated carbocycles. The molecule has 1 N–H and O–H groups in total.